The van der Waals surface area contributed by atoms with Crippen LogP contribution in [0.3, 0.4) is 0 Å². The lowest BCUT2D eigenvalue weighted by Gasteiger charge is -2.17. The Bertz CT molecular complexity index is 547. The molecule has 1 amide bonds. The third kappa shape index (κ3) is 2.44. The van der Waals surface area contributed by atoms with Crippen LogP contribution in [0.15, 0.2) is 12.3 Å². The summed E-state index contributed by atoms with van der Waals surface area (Å²) in [7, 11) is 1.27. The Balaban J connectivity index is 2.33. The van der Waals surface area contributed by atoms with Crippen LogP contribution in [0, 0.1) is 5.92 Å². The lowest BCUT2D eigenvalue weighted by molar-refractivity contribution is -0.145. The number of carbonyl (C=O) groups is 3. The predicted molar refractivity (Wildman–Crippen MR) is 67.1 cm³/mol. The molecule has 0 aromatic carbocycles. The van der Waals surface area contributed by atoms with E-state index in [9.17, 15) is 14.4 Å². The molecule has 1 fully saturated rings. The normalized spacial score (nSPS) is 18.5. The molecular weight excluding hydrogens is 272 g/mol. The fourth-order valence-corrected chi connectivity index (χ4v) is 2.19. The molecule has 0 spiro atoms. The summed E-state index contributed by atoms with van der Waals surface area (Å²) in [6, 6.07) is 1.47. The molecule has 19 heavy (non-hydrogen) atoms. The number of esters is 1. The number of rotatable bonds is 3. The molecule has 2 heterocycles. The second-order valence-electron chi connectivity index (χ2n) is 4.08. The molecule has 7 heteroatoms. The van der Waals surface area contributed by atoms with E-state index < -0.39 is 11.9 Å². The van der Waals surface area contributed by atoms with Crippen molar-refractivity contribution in [1.82, 2.24) is 4.98 Å². The third-order valence-corrected chi connectivity index (χ3v) is 3.28. The number of ether oxygens (including phenoxy) is 1. The van der Waals surface area contributed by atoms with Crippen molar-refractivity contribution in [2.45, 2.75) is 6.42 Å². The van der Waals surface area contributed by atoms with Gasteiger partial charge in [0.2, 0.25) is 5.91 Å². The highest BCUT2D eigenvalue weighted by Crippen LogP contribution is 2.29. The fraction of sp³-hybridized carbons (Fsp3) is 0.333. The summed E-state index contributed by atoms with van der Waals surface area (Å²) in [4.78, 5) is 39.7. The minimum absolute atomic E-state index is 0.0408. The molecule has 6 nitrogen and oxygen atoms in total. The van der Waals surface area contributed by atoms with E-state index in [0.717, 1.165) is 0 Å². The number of methoxy groups -OCH3 is 1. The molecule has 2 rings (SSSR count). The molecule has 100 valence electrons. The molecule has 1 aromatic heterocycles. The summed E-state index contributed by atoms with van der Waals surface area (Å²) in [5.41, 5.74) is 0.142. The quantitative estimate of drug-likeness (QED) is 0.612. The molecule has 0 aliphatic carbocycles. The maximum absolute atomic E-state index is 11.9. The SMILES string of the molecule is COC(=O)C1CC(=O)N(c2nccc(Cl)c2C=O)C1. The Hall–Kier alpha value is -1.95. The number of aldehydes is 1. The largest absolute Gasteiger partial charge is 0.469 e. The van der Waals surface area contributed by atoms with E-state index in [0.29, 0.717) is 6.29 Å². The monoisotopic (exact) mass is 282 g/mol. The maximum atomic E-state index is 11.9. The third-order valence-electron chi connectivity index (χ3n) is 2.95. The maximum Gasteiger partial charge on any atom is 0.311 e. The van der Waals surface area contributed by atoms with Gasteiger partial charge in [-0.05, 0) is 6.07 Å². The number of pyridine rings is 1. The molecule has 1 atom stereocenters. The minimum Gasteiger partial charge on any atom is -0.469 e. The number of amides is 1. The van der Waals surface area contributed by atoms with E-state index in [1.165, 1.54) is 24.3 Å². The van der Waals surface area contributed by atoms with Crippen molar-refractivity contribution in [3.8, 4) is 0 Å². The number of halogens is 1. The van der Waals surface area contributed by atoms with Gasteiger partial charge in [0.05, 0.1) is 23.6 Å². The summed E-state index contributed by atoms with van der Waals surface area (Å²) in [6.07, 6.45) is 1.99. The van der Waals surface area contributed by atoms with E-state index in [4.69, 9.17) is 11.6 Å². The van der Waals surface area contributed by atoms with Gasteiger partial charge in [0.25, 0.3) is 0 Å². The molecule has 1 aromatic rings. The first kappa shape index (κ1) is 13.5. The molecule has 1 aliphatic heterocycles. The van der Waals surface area contributed by atoms with Gasteiger partial charge in [-0.1, -0.05) is 11.6 Å². The number of hydrogen-bond acceptors (Lipinski definition) is 5. The molecule has 0 N–H and O–H groups in total. The van der Waals surface area contributed by atoms with Gasteiger partial charge >= 0.3 is 5.97 Å². The topological polar surface area (TPSA) is 76.6 Å². The van der Waals surface area contributed by atoms with Gasteiger partial charge in [0.15, 0.2) is 6.29 Å². The summed E-state index contributed by atoms with van der Waals surface area (Å²) >= 11 is 5.88. The first-order valence-electron chi connectivity index (χ1n) is 5.56. The number of anilines is 1. The lowest BCUT2D eigenvalue weighted by Crippen LogP contribution is -2.28. The molecule has 0 radical (unpaired) electrons. The second-order valence-corrected chi connectivity index (χ2v) is 4.48. The summed E-state index contributed by atoms with van der Waals surface area (Å²) < 4.78 is 4.61. The molecule has 1 unspecified atom stereocenters. The van der Waals surface area contributed by atoms with Crippen molar-refractivity contribution in [2.24, 2.45) is 5.92 Å². The highest BCUT2D eigenvalue weighted by molar-refractivity contribution is 6.33. The van der Waals surface area contributed by atoms with Crippen LogP contribution in [0.1, 0.15) is 16.8 Å². The van der Waals surface area contributed by atoms with E-state index in [2.05, 4.69) is 9.72 Å². The van der Waals surface area contributed by atoms with Crippen LogP contribution in [-0.4, -0.2) is 36.8 Å². The summed E-state index contributed by atoms with van der Waals surface area (Å²) in [5, 5.41) is 0.217. The van der Waals surface area contributed by atoms with Gasteiger partial charge in [-0.3, -0.25) is 19.3 Å². The smallest absolute Gasteiger partial charge is 0.311 e. The first-order chi connectivity index (χ1) is 9.08. The van der Waals surface area contributed by atoms with Gasteiger partial charge in [0, 0.05) is 19.2 Å². The molecule has 1 saturated heterocycles. The number of carbonyl (C=O) groups excluding carboxylic acids is 3. The Labute approximate surface area is 114 Å². The zero-order chi connectivity index (χ0) is 14.0. The summed E-state index contributed by atoms with van der Waals surface area (Å²) in [6.45, 7) is 0.139. The van der Waals surface area contributed by atoms with Gasteiger partial charge in [0.1, 0.15) is 5.82 Å². The summed E-state index contributed by atoms with van der Waals surface area (Å²) in [5.74, 6) is -1.10. The average Bonchev–Trinajstić information content (AvgIpc) is 2.79. The van der Waals surface area contributed by atoms with Crippen LogP contribution < -0.4 is 4.90 Å². The van der Waals surface area contributed by atoms with Crippen molar-refractivity contribution in [3.63, 3.8) is 0 Å². The molecule has 0 saturated carbocycles. The van der Waals surface area contributed by atoms with Crippen LogP contribution in [0.2, 0.25) is 5.02 Å². The van der Waals surface area contributed by atoms with Crippen molar-refractivity contribution < 1.29 is 19.1 Å². The zero-order valence-corrected chi connectivity index (χ0v) is 10.9. The van der Waals surface area contributed by atoms with E-state index in [1.807, 2.05) is 0 Å². The zero-order valence-electron chi connectivity index (χ0n) is 10.1. The second kappa shape index (κ2) is 5.36. The number of hydrogen-bond donors (Lipinski definition) is 0. The van der Waals surface area contributed by atoms with Crippen LogP contribution in [0.5, 0.6) is 0 Å². The van der Waals surface area contributed by atoms with Gasteiger partial charge in [-0.25, -0.2) is 4.98 Å². The number of aromatic nitrogens is 1. The highest BCUT2D eigenvalue weighted by Gasteiger charge is 2.37. The van der Waals surface area contributed by atoms with Crippen molar-refractivity contribution in [2.75, 3.05) is 18.6 Å². The lowest BCUT2D eigenvalue weighted by atomic mass is 10.1. The van der Waals surface area contributed by atoms with E-state index in [1.54, 1.807) is 0 Å². The van der Waals surface area contributed by atoms with Gasteiger partial charge in [-0.15, -0.1) is 0 Å². The van der Waals surface area contributed by atoms with Gasteiger partial charge < -0.3 is 4.74 Å². The fourth-order valence-electron chi connectivity index (χ4n) is 2.00. The van der Waals surface area contributed by atoms with E-state index in [-0.39, 0.29) is 35.3 Å². The van der Waals surface area contributed by atoms with Crippen molar-refractivity contribution in [1.29, 1.82) is 0 Å². The average molecular weight is 283 g/mol. The molecule has 1 aliphatic rings. The standard InChI is InChI=1S/C12H11ClN2O4/c1-19-12(18)7-4-10(17)15(5-7)11-8(6-16)9(13)2-3-14-11/h2-3,6-7H,4-5H2,1H3. The van der Waals surface area contributed by atoms with Crippen LogP contribution in [0.25, 0.3) is 0 Å². The van der Waals surface area contributed by atoms with Crippen LogP contribution in [-0.2, 0) is 14.3 Å². The van der Waals surface area contributed by atoms with Crippen molar-refractivity contribution in [3.05, 3.63) is 22.8 Å². The Kier molecular flexibility index (Phi) is 3.80. The van der Waals surface area contributed by atoms with Crippen LogP contribution >= 0.6 is 11.6 Å². The van der Waals surface area contributed by atoms with Gasteiger partial charge in [-0.2, -0.15) is 0 Å². The van der Waals surface area contributed by atoms with Crippen LogP contribution in [0.4, 0.5) is 5.82 Å². The minimum atomic E-state index is -0.544. The Morgan fingerprint density at radius 3 is 3.00 bits per heavy atom. The Morgan fingerprint density at radius 1 is 1.63 bits per heavy atom. The van der Waals surface area contributed by atoms with E-state index >= 15 is 0 Å². The first-order valence-corrected chi connectivity index (χ1v) is 5.94. The molecule has 0 bridgehead atoms. The number of nitrogens with zero attached hydrogens (tertiary/aromatic N) is 2. The predicted octanol–water partition coefficient (Wildman–Crippen LogP) is 1.07. The molecular formula is C12H11ClN2O4. The highest BCUT2D eigenvalue weighted by atomic mass is 35.5. The van der Waals surface area contributed by atoms with Crippen molar-refractivity contribution >= 4 is 35.6 Å². The Morgan fingerprint density at radius 2 is 2.37 bits per heavy atom.